The number of ether oxygens (including phenoxy) is 1. The molecule has 126 valence electrons. The summed E-state index contributed by atoms with van der Waals surface area (Å²) in [4.78, 5) is 36.6. The number of rotatable bonds is 2. The largest absolute Gasteiger partial charge is 0.504 e. The van der Waals surface area contributed by atoms with Crippen LogP contribution in [-0.2, 0) is 14.1 Å². The van der Waals surface area contributed by atoms with Crippen molar-refractivity contribution in [2.24, 2.45) is 14.1 Å². The lowest BCUT2D eigenvalue weighted by Crippen LogP contribution is -2.49. The van der Waals surface area contributed by atoms with Crippen molar-refractivity contribution in [1.82, 2.24) is 14.5 Å². The number of aromatic nitrogens is 2. The van der Waals surface area contributed by atoms with Crippen molar-refractivity contribution < 1.29 is 14.6 Å². The van der Waals surface area contributed by atoms with Crippen molar-refractivity contribution in [1.29, 1.82) is 0 Å². The first kappa shape index (κ1) is 15.7. The number of hydrogen-bond acceptors (Lipinski definition) is 5. The van der Waals surface area contributed by atoms with Crippen LogP contribution in [-0.4, -0.2) is 27.4 Å². The normalized spacial score (nSPS) is 16.1. The summed E-state index contributed by atoms with van der Waals surface area (Å²) in [6.45, 7) is 0. The maximum atomic E-state index is 12.6. The molecule has 9 nitrogen and oxygen atoms in total. The summed E-state index contributed by atoms with van der Waals surface area (Å²) in [7, 11) is 4.24. The van der Waals surface area contributed by atoms with Crippen LogP contribution in [0, 0.1) is 0 Å². The average Bonchev–Trinajstić information content (AvgIpc) is 2.57. The molecule has 3 N–H and O–H groups in total. The van der Waals surface area contributed by atoms with E-state index in [1.54, 1.807) is 6.07 Å². The van der Waals surface area contributed by atoms with Gasteiger partial charge in [-0.1, -0.05) is 6.07 Å². The van der Waals surface area contributed by atoms with Gasteiger partial charge in [0, 0.05) is 14.1 Å². The molecule has 1 aromatic heterocycles. The maximum Gasteiger partial charge on any atom is 0.332 e. The highest BCUT2D eigenvalue weighted by Crippen LogP contribution is 2.33. The molecular formula is C15H16N4O5. The van der Waals surface area contributed by atoms with E-state index in [9.17, 15) is 19.5 Å². The van der Waals surface area contributed by atoms with E-state index >= 15 is 0 Å². The highest BCUT2D eigenvalue weighted by molar-refractivity contribution is 5.92. The number of phenols is 1. The van der Waals surface area contributed by atoms with Crippen LogP contribution >= 0.6 is 0 Å². The molecule has 0 aliphatic carbocycles. The first-order valence-electron chi connectivity index (χ1n) is 7.09. The van der Waals surface area contributed by atoms with Crippen molar-refractivity contribution in [3.8, 4) is 11.5 Å². The third kappa shape index (κ3) is 2.21. The van der Waals surface area contributed by atoms with Crippen molar-refractivity contribution in [2.45, 2.75) is 6.04 Å². The molecule has 9 heteroatoms. The van der Waals surface area contributed by atoms with Crippen LogP contribution in [0.4, 0.5) is 10.6 Å². The number of amides is 2. The van der Waals surface area contributed by atoms with E-state index in [0.29, 0.717) is 5.56 Å². The molecule has 1 aromatic carbocycles. The van der Waals surface area contributed by atoms with Gasteiger partial charge in [0.1, 0.15) is 5.82 Å². The fourth-order valence-electron chi connectivity index (χ4n) is 2.75. The van der Waals surface area contributed by atoms with Gasteiger partial charge >= 0.3 is 11.7 Å². The van der Waals surface area contributed by atoms with E-state index in [1.807, 2.05) is 0 Å². The molecule has 1 aliphatic rings. The maximum absolute atomic E-state index is 12.6. The summed E-state index contributed by atoms with van der Waals surface area (Å²) in [5.41, 5.74) is -0.288. The van der Waals surface area contributed by atoms with Gasteiger partial charge in [0.15, 0.2) is 11.5 Å². The zero-order valence-corrected chi connectivity index (χ0v) is 13.3. The lowest BCUT2D eigenvalue weighted by molar-refractivity contribution is 0.248. The van der Waals surface area contributed by atoms with Crippen LogP contribution in [0.25, 0.3) is 0 Å². The topological polar surface area (TPSA) is 115 Å². The molecular weight excluding hydrogens is 316 g/mol. The molecule has 1 atom stereocenters. The average molecular weight is 332 g/mol. The van der Waals surface area contributed by atoms with E-state index in [4.69, 9.17) is 4.74 Å². The predicted molar refractivity (Wildman–Crippen MR) is 85.6 cm³/mol. The molecule has 0 spiro atoms. The van der Waals surface area contributed by atoms with Crippen molar-refractivity contribution in [2.75, 3.05) is 12.4 Å². The molecule has 0 saturated carbocycles. The molecule has 0 radical (unpaired) electrons. The predicted octanol–water partition coefficient (Wildman–Crippen LogP) is 0.0227. The van der Waals surface area contributed by atoms with Gasteiger partial charge < -0.3 is 15.2 Å². The van der Waals surface area contributed by atoms with Gasteiger partial charge in [-0.3, -0.25) is 19.2 Å². The molecule has 2 amide bonds. The van der Waals surface area contributed by atoms with Crippen LogP contribution in [0.1, 0.15) is 17.2 Å². The number of methoxy groups -OCH3 is 1. The number of nitrogens with zero attached hydrogens (tertiary/aromatic N) is 2. The highest BCUT2D eigenvalue weighted by Gasteiger charge is 2.32. The second kappa shape index (κ2) is 5.44. The molecule has 0 unspecified atom stereocenters. The van der Waals surface area contributed by atoms with Gasteiger partial charge in [-0.15, -0.1) is 0 Å². The van der Waals surface area contributed by atoms with Gasteiger partial charge in [0.2, 0.25) is 0 Å². The molecule has 0 fully saturated rings. The van der Waals surface area contributed by atoms with Crippen LogP contribution in [0.5, 0.6) is 11.5 Å². The van der Waals surface area contributed by atoms with Gasteiger partial charge in [-0.05, 0) is 17.7 Å². The molecule has 2 aromatic rings. The second-order valence-corrected chi connectivity index (χ2v) is 5.43. The summed E-state index contributed by atoms with van der Waals surface area (Å²) < 4.78 is 7.25. The van der Waals surface area contributed by atoms with E-state index < -0.39 is 23.3 Å². The van der Waals surface area contributed by atoms with E-state index in [-0.39, 0.29) is 22.9 Å². The third-order valence-corrected chi connectivity index (χ3v) is 4.03. The Morgan fingerprint density at radius 3 is 2.54 bits per heavy atom. The minimum Gasteiger partial charge on any atom is -0.504 e. The zero-order valence-electron chi connectivity index (χ0n) is 13.3. The van der Waals surface area contributed by atoms with E-state index in [1.165, 1.54) is 37.9 Å². The Balaban J connectivity index is 2.29. The van der Waals surface area contributed by atoms with Crippen molar-refractivity contribution in [3.05, 3.63) is 50.2 Å². The van der Waals surface area contributed by atoms with Crippen molar-refractivity contribution >= 4 is 11.8 Å². The van der Waals surface area contributed by atoms with Gasteiger partial charge in [-0.25, -0.2) is 9.59 Å². The first-order chi connectivity index (χ1) is 11.3. The van der Waals surface area contributed by atoms with Crippen molar-refractivity contribution in [3.63, 3.8) is 0 Å². The molecule has 0 saturated heterocycles. The SMILES string of the molecule is COc1cc([C@H]2NC(=O)Nc3c2c(=O)n(C)c(=O)n3C)ccc1O. The summed E-state index contributed by atoms with van der Waals surface area (Å²) in [5.74, 6) is 0.294. The number of hydrogen-bond donors (Lipinski definition) is 3. The molecule has 24 heavy (non-hydrogen) atoms. The lowest BCUT2D eigenvalue weighted by Gasteiger charge is -2.28. The number of carbonyl (C=O) groups is 1. The van der Waals surface area contributed by atoms with Gasteiger partial charge in [0.05, 0.1) is 18.7 Å². The number of aromatic hydroxyl groups is 1. The van der Waals surface area contributed by atoms with E-state index in [2.05, 4.69) is 10.6 Å². The third-order valence-electron chi connectivity index (χ3n) is 4.03. The minimum atomic E-state index is -0.784. The molecule has 3 rings (SSSR count). The highest BCUT2D eigenvalue weighted by atomic mass is 16.5. The quantitative estimate of drug-likeness (QED) is 0.717. The summed E-state index contributed by atoms with van der Waals surface area (Å²) >= 11 is 0. The Kier molecular flexibility index (Phi) is 3.55. The van der Waals surface area contributed by atoms with Gasteiger partial charge in [0.25, 0.3) is 5.56 Å². The number of carbonyl (C=O) groups excluding carboxylic acids is 1. The first-order valence-corrected chi connectivity index (χ1v) is 7.09. The van der Waals surface area contributed by atoms with Crippen LogP contribution < -0.4 is 26.6 Å². The Bertz CT molecular complexity index is 960. The number of phenolic OH excluding ortho intramolecular Hbond substituents is 1. The molecule has 1 aliphatic heterocycles. The zero-order chi connectivity index (χ0) is 17.6. The summed E-state index contributed by atoms with van der Waals surface area (Å²) in [5, 5.41) is 14.9. The Hall–Kier alpha value is -3.23. The fraction of sp³-hybridized carbons (Fsp3) is 0.267. The molecule has 2 heterocycles. The van der Waals surface area contributed by atoms with Crippen LogP contribution in [0.2, 0.25) is 0 Å². The fourth-order valence-corrected chi connectivity index (χ4v) is 2.75. The number of fused-ring (bicyclic) bond motifs is 1. The Morgan fingerprint density at radius 1 is 1.17 bits per heavy atom. The number of urea groups is 1. The number of nitrogens with one attached hydrogen (secondary N) is 2. The van der Waals surface area contributed by atoms with E-state index in [0.717, 1.165) is 4.57 Å². The second-order valence-electron chi connectivity index (χ2n) is 5.43. The number of anilines is 1. The summed E-state index contributed by atoms with van der Waals surface area (Å²) in [6, 6.07) is 3.19. The van der Waals surface area contributed by atoms with Gasteiger partial charge in [-0.2, -0.15) is 0 Å². The smallest absolute Gasteiger partial charge is 0.332 e. The van der Waals surface area contributed by atoms with Crippen LogP contribution in [0.3, 0.4) is 0 Å². The molecule has 0 bridgehead atoms. The summed E-state index contributed by atoms with van der Waals surface area (Å²) in [6.07, 6.45) is 0. The van der Waals surface area contributed by atoms with Crippen LogP contribution in [0.15, 0.2) is 27.8 Å². The number of benzene rings is 1. The Labute approximate surface area is 136 Å². The lowest BCUT2D eigenvalue weighted by atomic mass is 9.98. The Morgan fingerprint density at radius 2 is 1.88 bits per heavy atom. The monoisotopic (exact) mass is 332 g/mol. The minimum absolute atomic E-state index is 0.0601. The standard InChI is InChI=1S/C15H16N4O5/c1-18-12-10(13(21)19(2)15(18)23)11(16-14(22)17-12)7-4-5-8(20)9(6-7)24-3/h4-6,11,20H,1-3H3,(H2,16,17,22)/t11-/m1/s1.